The minimum absolute atomic E-state index is 0.148. The van der Waals surface area contributed by atoms with Gasteiger partial charge in [-0.25, -0.2) is 4.79 Å². The molecule has 1 heterocycles. The van der Waals surface area contributed by atoms with Crippen LogP contribution in [0.5, 0.6) is 5.75 Å². The number of rotatable bonds is 3. The Morgan fingerprint density at radius 3 is 2.71 bits per heavy atom. The second-order valence-corrected chi connectivity index (χ2v) is 5.13. The molecule has 0 radical (unpaired) electrons. The fourth-order valence-corrected chi connectivity index (χ4v) is 2.50. The molecule has 0 spiro atoms. The largest absolute Gasteiger partial charge is 0.465 e. The zero-order valence-electron chi connectivity index (χ0n) is 12.0. The van der Waals surface area contributed by atoms with Crippen LogP contribution in [0.2, 0.25) is 0 Å². The highest BCUT2D eigenvalue weighted by Gasteiger charge is 2.15. The molecular formula is C17H18O4. The number of benzene rings is 2. The normalized spacial score (nSPS) is 18.4. The van der Waals surface area contributed by atoms with Crippen LogP contribution >= 0.6 is 0 Å². The Morgan fingerprint density at radius 1 is 1.14 bits per heavy atom. The van der Waals surface area contributed by atoms with E-state index in [2.05, 4.69) is 0 Å². The van der Waals surface area contributed by atoms with Crippen LogP contribution in [0.25, 0.3) is 10.8 Å². The zero-order valence-corrected chi connectivity index (χ0v) is 12.0. The van der Waals surface area contributed by atoms with Gasteiger partial charge in [0.2, 0.25) is 0 Å². The highest BCUT2D eigenvalue weighted by atomic mass is 16.7. The molecule has 110 valence electrons. The van der Waals surface area contributed by atoms with Crippen molar-refractivity contribution in [3.63, 3.8) is 0 Å². The molecule has 2 aromatic rings. The molecule has 2 aromatic carbocycles. The molecule has 1 saturated heterocycles. The van der Waals surface area contributed by atoms with Gasteiger partial charge < -0.3 is 14.2 Å². The van der Waals surface area contributed by atoms with Crippen molar-refractivity contribution in [1.29, 1.82) is 0 Å². The minimum atomic E-state index is -0.326. The highest BCUT2D eigenvalue weighted by molar-refractivity contribution is 5.95. The molecule has 1 aliphatic rings. The van der Waals surface area contributed by atoms with E-state index in [0.29, 0.717) is 5.56 Å². The van der Waals surface area contributed by atoms with Crippen LogP contribution in [0.3, 0.4) is 0 Å². The number of carbonyl (C=O) groups is 1. The second-order valence-electron chi connectivity index (χ2n) is 5.13. The number of fused-ring (bicyclic) bond motifs is 1. The van der Waals surface area contributed by atoms with Crippen LogP contribution in [0.4, 0.5) is 0 Å². The Kier molecular flexibility index (Phi) is 4.06. The average molecular weight is 286 g/mol. The lowest BCUT2D eigenvalue weighted by molar-refractivity contribution is -0.105. The number of methoxy groups -OCH3 is 1. The van der Waals surface area contributed by atoms with Crippen molar-refractivity contribution in [2.45, 2.75) is 25.6 Å². The molecule has 0 bridgehead atoms. The van der Waals surface area contributed by atoms with Crippen LogP contribution in [0.1, 0.15) is 29.6 Å². The summed E-state index contributed by atoms with van der Waals surface area (Å²) in [5.74, 6) is 0.466. The van der Waals surface area contributed by atoms with Gasteiger partial charge in [0.25, 0.3) is 0 Å². The van der Waals surface area contributed by atoms with E-state index in [-0.39, 0.29) is 12.3 Å². The molecule has 3 rings (SSSR count). The summed E-state index contributed by atoms with van der Waals surface area (Å²) in [6, 6.07) is 11.3. The third-order valence-electron chi connectivity index (χ3n) is 3.64. The van der Waals surface area contributed by atoms with Crippen molar-refractivity contribution < 1.29 is 19.0 Å². The molecule has 0 aliphatic carbocycles. The molecule has 4 nitrogen and oxygen atoms in total. The van der Waals surface area contributed by atoms with Crippen LogP contribution < -0.4 is 4.74 Å². The van der Waals surface area contributed by atoms with Gasteiger partial charge in [-0.3, -0.25) is 0 Å². The van der Waals surface area contributed by atoms with Gasteiger partial charge in [-0.1, -0.05) is 12.1 Å². The van der Waals surface area contributed by atoms with Crippen LogP contribution in [-0.2, 0) is 9.47 Å². The number of ether oxygens (including phenoxy) is 3. The summed E-state index contributed by atoms with van der Waals surface area (Å²) < 4.78 is 16.2. The summed E-state index contributed by atoms with van der Waals surface area (Å²) in [6.45, 7) is 0.765. The van der Waals surface area contributed by atoms with Gasteiger partial charge in [-0.15, -0.1) is 0 Å². The number of carbonyl (C=O) groups excluding carboxylic acids is 1. The lowest BCUT2D eigenvalue weighted by Gasteiger charge is -2.23. The zero-order chi connectivity index (χ0) is 14.7. The maximum Gasteiger partial charge on any atom is 0.337 e. The van der Waals surface area contributed by atoms with Gasteiger partial charge in [-0.2, -0.15) is 0 Å². The molecule has 0 saturated carbocycles. The lowest BCUT2D eigenvalue weighted by atomic mass is 10.1. The van der Waals surface area contributed by atoms with Crippen LogP contribution in [0.15, 0.2) is 36.4 Å². The molecule has 0 N–H and O–H groups in total. The van der Waals surface area contributed by atoms with E-state index < -0.39 is 0 Å². The molecular weight excluding hydrogens is 268 g/mol. The Hall–Kier alpha value is -2.07. The topological polar surface area (TPSA) is 44.8 Å². The lowest BCUT2D eigenvalue weighted by Crippen LogP contribution is -2.24. The van der Waals surface area contributed by atoms with Gasteiger partial charge in [0, 0.05) is 6.42 Å². The fraction of sp³-hybridized carbons (Fsp3) is 0.353. The molecule has 0 amide bonds. The summed E-state index contributed by atoms with van der Waals surface area (Å²) in [7, 11) is 1.38. The SMILES string of the molecule is COC(=O)c1ccc2cc(OC3CCCCO3)ccc2c1. The number of hydrogen-bond acceptors (Lipinski definition) is 4. The first-order valence-electron chi connectivity index (χ1n) is 7.17. The third kappa shape index (κ3) is 3.16. The summed E-state index contributed by atoms with van der Waals surface area (Å²) >= 11 is 0. The fourth-order valence-electron chi connectivity index (χ4n) is 2.50. The first-order chi connectivity index (χ1) is 10.3. The average Bonchev–Trinajstić information content (AvgIpc) is 2.54. The van der Waals surface area contributed by atoms with Gasteiger partial charge in [0.1, 0.15) is 5.75 Å². The van der Waals surface area contributed by atoms with Gasteiger partial charge in [0.15, 0.2) is 6.29 Å². The predicted octanol–water partition coefficient (Wildman–Crippen LogP) is 3.53. The first kappa shape index (κ1) is 13.9. The molecule has 1 aliphatic heterocycles. The molecule has 1 atom stereocenters. The van der Waals surface area contributed by atoms with Gasteiger partial charge in [0.05, 0.1) is 19.3 Å². The number of hydrogen-bond donors (Lipinski definition) is 0. The van der Waals surface area contributed by atoms with E-state index in [9.17, 15) is 4.79 Å². The summed E-state index contributed by atoms with van der Waals surface area (Å²) in [6.07, 6.45) is 3.03. The van der Waals surface area contributed by atoms with E-state index in [0.717, 1.165) is 42.4 Å². The van der Waals surface area contributed by atoms with Crippen molar-refractivity contribution in [3.05, 3.63) is 42.0 Å². The van der Waals surface area contributed by atoms with E-state index in [1.54, 1.807) is 6.07 Å². The van der Waals surface area contributed by atoms with Crippen molar-refractivity contribution in [3.8, 4) is 5.75 Å². The van der Waals surface area contributed by atoms with Crippen molar-refractivity contribution >= 4 is 16.7 Å². The van der Waals surface area contributed by atoms with Crippen LogP contribution in [0, 0.1) is 0 Å². The summed E-state index contributed by atoms with van der Waals surface area (Å²) in [5, 5.41) is 2.01. The van der Waals surface area contributed by atoms with Crippen LogP contribution in [-0.4, -0.2) is 26.0 Å². The van der Waals surface area contributed by atoms with Crippen molar-refractivity contribution in [2.75, 3.05) is 13.7 Å². The Labute approximate surface area is 123 Å². The Balaban J connectivity index is 1.81. The summed E-state index contributed by atoms with van der Waals surface area (Å²) in [4.78, 5) is 11.5. The Bertz CT molecular complexity index is 644. The maximum absolute atomic E-state index is 11.5. The molecule has 0 aromatic heterocycles. The van der Waals surface area contributed by atoms with Crippen molar-refractivity contribution in [2.24, 2.45) is 0 Å². The van der Waals surface area contributed by atoms with E-state index >= 15 is 0 Å². The van der Waals surface area contributed by atoms with E-state index in [1.807, 2.05) is 30.3 Å². The summed E-state index contributed by atoms with van der Waals surface area (Å²) in [5.41, 5.74) is 0.550. The molecule has 4 heteroatoms. The quantitative estimate of drug-likeness (QED) is 0.810. The maximum atomic E-state index is 11.5. The van der Waals surface area contributed by atoms with E-state index in [4.69, 9.17) is 14.2 Å². The smallest absolute Gasteiger partial charge is 0.337 e. The highest BCUT2D eigenvalue weighted by Crippen LogP contribution is 2.25. The molecule has 21 heavy (non-hydrogen) atoms. The minimum Gasteiger partial charge on any atom is -0.465 e. The predicted molar refractivity (Wildman–Crippen MR) is 79.5 cm³/mol. The van der Waals surface area contributed by atoms with Gasteiger partial charge in [-0.05, 0) is 47.9 Å². The second kappa shape index (κ2) is 6.14. The standard InChI is InChI=1S/C17H18O4/c1-19-17(18)14-6-5-13-11-15(8-7-12(13)10-14)21-16-4-2-3-9-20-16/h5-8,10-11,16H,2-4,9H2,1H3. The third-order valence-corrected chi connectivity index (χ3v) is 3.64. The first-order valence-corrected chi connectivity index (χ1v) is 7.17. The Morgan fingerprint density at radius 2 is 1.95 bits per heavy atom. The van der Waals surface area contributed by atoms with Crippen molar-refractivity contribution in [1.82, 2.24) is 0 Å². The van der Waals surface area contributed by atoms with E-state index in [1.165, 1.54) is 7.11 Å². The number of esters is 1. The molecule has 1 fully saturated rings. The molecule has 1 unspecified atom stereocenters. The monoisotopic (exact) mass is 286 g/mol. The van der Waals surface area contributed by atoms with Gasteiger partial charge >= 0.3 is 5.97 Å².